The second-order valence-electron chi connectivity index (χ2n) is 6.56. The fraction of sp³-hybridized carbons (Fsp3) is 0.182. The standard InChI is InChI=1S/C22H20ClFN2O3/c1-14(18-11-17(24)8-9-20(18)29-2)25-22(28)16-7-10-21(27)26(13-16)12-15-5-3-4-6-19(15)23/h3-11,13-14H,12H2,1-2H3,(H,25,28). The highest BCUT2D eigenvalue weighted by Crippen LogP contribution is 2.26. The first-order valence-corrected chi connectivity index (χ1v) is 9.35. The molecule has 0 aliphatic carbocycles. The van der Waals surface area contributed by atoms with Crippen molar-refractivity contribution in [2.45, 2.75) is 19.5 Å². The number of hydrogen-bond acceptors (Lipinski definition) is 3. The van der Waals surface area contributed by atoms with Gasteiger partial charge in [0.2, 0.25) is 0 Å². The Kier molecular flexibility index (Phi) is 6.34. The molecule has 0 bridgehead atoms. The molecule has 5 nitrogen and oxygen atoms in total. The number of methoxy groups -OCH3 is 1. The molecule has 0 aliphatic heterocycles. The van der Waals surface area contributed by atoms with Gasteiger partial charge in [-0.2, -0.15) is 0 Å². The highest BCUT2D eigenvalue weighted by Gasteiger charge is 2.17. The summed E-state index contributed by atoms with van der Waals surface area (Å²) < 4.78 is 20.3. The number of aromatic nitrogens is 1. The first-order valence-electron chi connectivity index (χ1n) is 8.97. The first-order chi connectivity index (χ1) is 13.9. The van der Waals surface area contributed by atoms with E-state index in [4.69, 9.17) is 16.3 Å². The van der Waals surface area contributed by atoms with E-state index in [9.17, 15) is 14.0 Å². The third-order valence-corrected chi connectivity index (χ3v) is 4.92. The van der Waals surface area contributed by atoms with Gasteiger partial charge < -0.3 is 14.6 Å². The third-order valence-electron chi connectivity index (χ3n) is 4.55. The van der Waals surface area contributed by atoms with Crippen LogP contribution < -0.4 is 15.6 Å². The van der Waals surface area contributed by atoms with Crippen LogP contribution in [0.2, 0.25) is 5.02 Å². The maximum atomic E-state index is 13.6. The SMILES string of the molecule is COc1ccc(F)cc1C(C)NC(=O)c1ccc(=O)n(Cc2ccccc2Cl)c1. The third kappa shape index (κ3) is 4.84. The van der Waals surface area contributed by atoms with Crippen LogP contribution in [0.15, 0.2) is 65.6 Å². The van der Waals surface area contributed by atoms with Crippen molar-refractivity contribution in [3.63, 3.8) is 0 Å². The van der Waals surface area contributed by atoms with Crippen molar-refractivity contribution in [1.82, 2.24) is 9.88 Å². The van der Waals surface area contributed by atoms with E-state index in [1.54, 1.807) is 19.1 Å². The van der Waals surface area contributed by atoms with Crippen LogP contribution in [-0.2, 0) is 6.54 Å². The minimum Gasteiger partial charge on any atom is -0.496 e. The van der Waals surface area contributed by atoms with Crippen LogP contribution in [0.3, 0.4) is 0 Å². The van der Waals surface area contributed by atoms with Gasteiger partial charge in [-0.05, 0) is 42.8 Å². The zero-order valence-corrected chi connectivity index (χ0v) is 16.7. The Balaban J connectivity index is 1.82. The lowest BCUT2D eigenvalue weighted by Crippen LogP contribution is -2.29. The molecule has 3 rings (SSSR count). The number of benzene rings is 2. The van der Waals surface area contributed by atoms with Crippen molar-refractivity contribution in [2.24, 2.45) is 0 Å². The summed E-state index contributed by atoms with van der Waals surface area (Å²) in [7, 11) is 1.48. The van der Waals surface area contributed by atoms with E-state index in [1.807, 2.05) is 12.1 Å². The molecule has 0 saturated carbocycles. The monoisotopic (exact) mass is 414 g/mol. The molecule has 7 heteroatoms. The zero-order chi connectivity index (χ0) is 21.0. The fourth-order valence-corrected chi connectivity index (χ4v) is 3.20. The normalized spacial score (nSPS) is 11.7. The second kappa shape index (κ2) is 8.92. The van der Waals surface area contributed by atoms with Gasteiger partial charge >= 0.3 is 0 Å². The number of carbonyl (C=O) groups excluding carboxylic acids is 1. The lowest BCUT2D eigenvalue weighted by atomic mass is 10.1. The summed E-state index contributed by atoms with van der Waals surface area (Å²) in [5, 5.41) is 3.35. The predicted octanol–water partition coefficient (Wildman–Crippen LogP) is 4.19. The summed E-state index contributed by atoms with van der Waals surface area (Å²) in [5.41, 5.74) is 1.34. The fourth-order valence-electron chi connectivity index (χ4n) is 3.00. The van der Waals surface area contributed by atoms with E-state index < -0.39 is 17.8 Å². The molecule has 150 valence electrons. The maximum Gasteiger partial charge on any atom is 0.253 e. The molecule has 29 heavy (non-hydrogen) atoms. The number of rotatable bonds is 6. The molecule has 1 aromatic heterocycles. The quantitative estimate of drug-likeness (QED) is 0.658. The number of halogens is 2. The van der Waals surface area contributed by atoms with Crippen LogP contribution in [0.4, 0.5) is 4.39 Å². The molecule has 1 N–H and O–H groups in total. The molecule has 2 aromatic carbocycles. The first kappa shape index (κ1) is 20.6. The van der Waals surface area contributed by atoms with Crippen LogP contribution in [0.5, 0.6) is 5.75 Å². The van der Waals surface area contributed by atoms with Gasteiger partial charge in [-0.15, -0.1) is 0 Å². The number of carbonyl (C=O) groups is 1. The molecule has 1 atom stereocenters. The minimum atomic E-state index is -0.503. The number of ether oxygens (including phenoxy) is 1. The molecule has 0 aliphatic rings. The number of hydrogen-bond donors (Lipinski definition) is 1. The van der Waals surface area contributed by atoms with Crippen LogP contribution in [0.25, 0.3) is 0 Å². The van der Waals surface area contributed by atoms with Gasteiger partial charge in [0.25, 0.3) is 11.5 Å². The van der Waals surface area contributed by atoms with Crippen molar-refractivity contribution in [2.75, 3.05) is 7.11 Å². The molecule has 1 heterocycles. The largest absolute Gasteiger partial charge is 0.496 e. The van der Waals surface area contributed by atoms with E-state index in [0.29, 0.717) is 21.9 Å². The van der Waals surface area contributed by atoms with Crippen LogP contribution in [-0.4, -0.2) is 17.6 Å². The highest BCUT2D eigenvalue weighted by atomic mass is 35.5. The van der Waals surface area contributed by atoms with Gasteiger partial charge in [0, 0.05) is 22.8 Å². The minimum absolute atomic E-state index is 0.243. The van der Waals surface area contributed by atoms with E-state index in [-0.39, 0.29) is 12.1 Å². The van der Waals surface area contributed by atoms with Crippen molar-refractivity contribution >= 4 is 17.5 Å². The van der Waals surface area contributed by atoms with Gasteiger partial charge in [-0.3, -0.25) is 9.59 Å². The lowest BCUT2D eigenvalue weighted by Gasteiger charge is -2.18. The Morgan fingerprint density at radius 3 is 2.69 bits per heavy atom. The van der Waals surface area contributed by atoms with Crippen molar-refractivity contribution < 1.29 is 13.9 Å². The smallest absolute Gasteiger partial charge is 0.253 e. The number of pyridine rings is 1. The summed E-state index contributed by atoms with van der Waals surface area (Å²) in [6, 6.07) is 13.6. The molecule has 1 unspecified atom stereocenters. The summed E-state index contributed by atoms with van der Waals surface area (Å²) >= 11 is 6.17. The Labute approximate surface area is 172 Å². The molecule has 0 radical (unpaired) electrons. The molecule has 0 fully saturated rings. The predicted molar refractivity (Wildman–Crippen MR) is 110 cm³/mol. The topological polar surface area (TPSA) is 60.3 Å². The Morgan fingerprint density at radius 1 is 1.21 bits per heavy atom. The van der Waals surface area contributed by atoms with Gasteiger partial charge in [-0.1, -0.05) is 29.8 Å². The summed E-state index contributed by atoms with van der Waals surface area (Å²) in [6.45, 7) is 1.97. The van der Waals surface area contributed by atoms with E-state index in [1.165, 1.54) is 48.2 Å². The maximum absolute atomic E-state index is 13.6. The van der Waals surface area contributed by atoms with Gasteiger partial charge in [-0.25, -0.2) is 4.39 Å². The molecular weight excluding hydrogens is 395 g/mol. The molecule has 3 aromatic rings. The number of nitrogens with one attached hydrogen (secondary N) is 1. The lowest BCUT2D eigenvalue weighted by molar-refractivity contribution is 0.0938. The van der Waals surface area contributed by atoms with Crippen LogP contribution >= 0.6 is 11.6 Å². The second-order valence-corrected chi connectivity index (χ2v) is 6.96. The molecule has 0 saturated heterocycles. The number of amides is 1. The average molecular weight is 415 g/mol. The van der Waals surface area contributed by atoms with Crippen LogP contribution in [0, 0.1) is 5.82 Å². The van der Waals surface area contributed by atoms with Gasteiger partial charge in [0.05, 0.1) is 25.3 Å². The van der Waals surface area contributed by atoms with Crippen molar-refractivity contribution in [3.05, 3.63) is 98.7 Å². The summed E-state index contributed by atoms with van der Waals surface area (Å²) in [6.07, 6.45) is 1.48. The molecule has 1 amide bonds. The molecular formula is C22H20ClFN2O3. The van der Waals surface area contributed by atoms with Crippen molar-refractivity contribution in [3.8, 4) is 5.75 Å². The zero-order valence-electron chi connectivity index (χ0n) is 16.0. The van der Waals surface area contributed by atoms with Gasteiger partial charge in [0.1, 0.15) is 11.6 Å². The van der Waals surface area contributed by atoms with Crippen molar-refractivity contribution in [1.29, 1.82) is 0 Å². The highest BCUT2D eigenvalue weighted by molar-refractivity contribution is 6.31. The Morgan fingerprint density at radius 2 is 1.97 bits per heavy atom. The van der Waals surface area contributed by atoms with E-state index in [2.05, 4.69) is 5.32 Å². The summed E-state index contributed by atoms with van der Waals surface area (Å²) in [5.74, 6) is -0.338. The van der Waals surface area contributed by atoms with E-state index in [0.717, 1.165) is 5.56 Å². The molecule has 0 spiro atoms. The van der Waals surface area contributed by atoms with Crippen LogP contribution in [0.1, 0.15) is 34.5 Å². The average Bonchev–Trinajstić information content (AvgIpc) is 2.71. The summed E-state index contributed by atoms with van der Waals surface area (Å²) in [4.78, 5) is 24.9. The number of nitrogens with zero attached hydrogens (tertiary/aromatic N) is 1. The Hall–Kier alpha value is -3.12. The van der Waals surface area contributed by atoms with Gasteiger partial charge in [0.15, 0.2) is 0 Å². The Bertz CT molecular complexity index is 1100. The van der Waals surface area contributed by atoms with E-state index >= 15 is 0 Å².